The van der Waals surface area contributed by atoms with Crippen molar-refractivity contribution in [1.29, 1.82) is 0 Å². The minimum atomic E-state index is -3.29. The van der Waals surface area contributed by atoms with Crippen LogP contribution in [0.25, 0.3) is 10.3 Å². The van der Waals surface area contributed by atoms with E-state index in [4.69, 9.17) is 9.72 Å². The molecule has 8 nitrogen and oxygen atoms in total. The van der Waals surface area contributed by atoms with Crippen molar-refractivity contribution in [2.75, 3.05) is 25.3 Å². The second kappa shape index (κ2) is 10.3. The fourth-order valence-corrected chi connectivity index (χ4v) is 5.52. The van der Waals surface area contributed by atoms with Gasteiger partial charge in [0.25, 0.3) is 5.19 Å². The number of methoxy groups -OCH3 is 1. The molecule has 0 saturated heterocycles. The van der Waals surface area contributed by atoms with E-state index in [0.29, 0.717) is 27.7 Å². The van der Waals surface area contributed by atoms with E-state index in [9.17, 15) is 13.5 Å². The largest absolute Gasteiger partial charge is 0.473 e. The first-order valence-electron chi connectivity index (χ1n) is 10.2. The van der Waals surface area contributed by atoms with E-state index in [1.807, 2.05) is 13.0 Å². The molecule has 0 saturated carbocycles. The van der Waals surface area contributed by atoms with Crippen molar-refractivity contribution in [3.05, 3.63) is 29.8 Å². The molecule has 11 heteroatoms. The number of anilines is 1. The molecule has 0 unspecified atom stereocenters. The van der Waals surface area contributed by atoms with E-state index in [2.05, 4.69) is 29.1 Å². The van der Waals surface area contributed by atoms with E-state index < -0.39 is 9.84 Å². The van der Waals surface area contributed by atoms with Crippen molar-refractivity contribution >= 4 is 49.1 Å². The lowest BCUT2D eigenvalue weighted by Gasteiger charge is -2.19. The average molecular weight is 497 g/mol. The van der Waals surface area contributed by atoms with Gasteiger partial charge in [0, 0.05) is 11.5 Å². The highest BCUT2D eigenvalue weighted by molar-refractivity contribution is 7.99. The molecule has 3 rings (SSSR count). The Morgan fingerprint density at radius 1 is 1.22 bits per heavy atom. The molecule has 174 valence electrons. The van der Waals surface area contributed by atoms with Crippen LogP contribution in [0.15, 0.2) is 34.3 Å². The van der Waals surface area contributed by atoms with Gasteiger partial charge in [0.2, 0.25) is 0 Å². The topological polar surface area (TPSA) is 114 Å². The summed E-state index contributed by atoms with van der Waals surface area (Å²) < 4.78 is 29.9. The van der Waals surface area contributed by atoms with Gasteiger partial charge in [0.15, 0.2) is 26.5 Å². The van der Waals surface area contributed by atoms with Crippen LogP contribution in [0.4, 0.5) is 5.82 Å². The van der Waals surface area contributed by atoms with Gasteiger partial charge < -0.3 is 15.2 Å². The van der Waals surface area contributed by atoms with Crippen LogP contribution in [0.3, 0.4) is 0 Å². The molecule has 0 amide bonds. The van der Waals surface area contributed by atoms with Crippen LogP contribution in [-0.4, -0.2) is 54.5 Å². The van der Waals surface area contributed by atoms with Gasteiger partial charge in [-0.1, -0.05) is 49.1 Å². The lowest BCUT2D eigenvalue weighted by molar-refractivity contribution is 0.259. The van der Waals surface area contributed by atoms with Gasteiger partial charge in [-0.25, -0.2) is 18.4 Å². The molecule has 0 bridgehead atoms. The molecule has 0 aliphatic carbocycles. The van der Waals surface area contributed by atoms with Gasteiger partial charge in [0.1, 0.15) is 4.70 Å². The number of benzene rings is 1. The molecular weight excluding hydrogens is 468 g/mol. The lowest BCUT2D eigenvalue weighted by atomic mass is 10.0. The fourth-order valence-electron chi connectivity index (χ4n) is 3.19. The van der Waals surface area contributed by atoms with Crippen molar-refractivity contribution in [2.45, 2.75) is 48.5 Å². The van der Waals surface area contributed by atoms with Crippen molar-refractivity contribution in [3.63, 3.8) is 0 Å². The summed E-state index contributed by atoms with van der Waals surface area (Å²) in [5.74, 6) is 1.01. The van der Waals surface area contributed by atoms with Crippen LogP contribution >= 0.6 is 23.1 Å². The predicted octanol–water partition coefficient (Wildman–Crippen LogP) is 4.17. The highest BCUT2D eigenvalue weighted by atomic mass is 32.2. The number of thiazole rings is 1. The van der Waals surface area contributed by atoms with Crippen molar-refractivity contribution in [3.8, 4) is 5.19 Å². The normalized spacial score (nSPS) is 14.0. The maximum Gasteiger partial charge on any atom is 0.275 e. The molecule has 0 aliphatic rings. The summed E-state index contributed by atoms with van der Waals surface area (Å²) in [6.07, 6.45) is 1.98. The molecule has 2 aromatic heterocycles. The predicted molar refractivity (Wildman–Crippen MR) is 130 cm³/mol. The Kier molecular flexibility index (Phi) is 7.97. The zero-order valence-corrected chi connectivity index (χ0v) is 21.1. The SMILES string of the molecule is COc1nc2nc(S[C@H](C)c3cccc(S(C)(=O)=O)c3)nc(N[C@@H](CO)CC(C)C)c2s1. The Bertz CT molecular complexity index is 1180. The minimum Gasteiger partial charge on any atom is -0.473 e. The molecule has 1 aromatic carbocycles. The molecule has 2 heterocycles. The molecule has 0 spiro atoms. The maximum atomic E-state index is 11.9. The summed E-state index contributed by atoms with van der Waals surface area (Å²) in [5.41, 5.74) is 1.38. The minimum absolute atomic E-state index is 0.0171. The number of nitrogens with one attached hydrogen (secondary N) is 1. The Morgan fingerprint density at radius 3 is 2.59 bits per heavy atom. The molecule has 32 heavy (non-hydrogen) atoms. The first-order valence-corrected chi connectivity index (χ1v) is 13.8. The van der Waals surface area contributed by atoms with E-state index in [1.165, 1.54) is 29.4 Å². The van der Waals surface area contributed by atoms with Crippen LogP contribution in [0.5, 0.6) is 5.19 Å². The number of thioether (sulfide) groups is 1. The zero-order valence-electron chi connectivity index (χ0n) is 18.7. The molecule has 2 N–H and O–H groups in total. The summed E-state index contributed by atoms with van der Waals surface area (Å²) >= 11 is 2.76. The highest BCUT2D eigenvalue weighted by Gasteiger charge is 2.20. The highest BCUT2D eigenvalue weighted by Crippen LogP contribution is 2.38. The first kappa shape index (κ1) is 24.7. The van der Waals surface area contributed by atoms with E-state index in [-0.39, 0.29) is 22.8 Å². The quantitative estimate of drug-likeness (QED) is 0.315. The molecule has 2 atom stereocenters. The number of hydrogen-bond donors (Lipinski definition) is 2. The van der Waals surface area contributed by atoms with Gasteiger partial charge in [0.05, 0.1) is 24.7 Å². The molecule has 3 aromatic rings. The van der Waals surface area contributed by atoms with Gasteiger partial charge in [-0.2, -0.15) is 4.98 Å². The Morgan fingerprint density at radius 2 is 1.97 bits per heavy atom. The average Bonchev–Trinajstić information content (AvgIpc) is 3.16. The lowest BCUT2D eigenvalue weighted by Crippen LogP contribution is -2.26. The summed E-state index contributed by atoms with van der Waals surface area (Å²) in [4.78, 5) is 14.0. The first-order chi connectivity index (χ1) is 15.1. The summed E-state index contributed by atoms with van der Waals surface area (Å²) in [7, 11) is -1.73. The monoisotopic (exact) mass is 496 g/mol. The van der Waals surface area contributed by atoms with E-state index in [1.54, 1.807) is 25.3 Å². The Labute approximate surface area is 196 Å². The van der Waals surface area contributed by atoms with E-state index >= 15 is 0 Å². The number of aliphatic hydroxyl groups excluding tert-OH is 1. The third-order valence-corrected chi connectivity index (χ3v) is 7.89. The number of nitrogens with zero attached hydrogens (tertiary/aromatic N) is 3. The summed E-state index contributed by atoms with van der Waals surface area (Å²) in [6, 6.07) is 6.75. The molecule has 0 fully saturated rings. The number of fused-ring (bicyclic) bond motifs is 1. The molecular formula is C21H28N4O4S3. The van der Waals surface area contributed by atoms with E-state index in [0.717, 1.165) is 16.7 Å². The van der Waals surface area contributed by atoms with Crippen LogP contribution in [0.1, 0.15) is 38.0 Å². The fraction of sp³-hybridized carbons (Fsp3) is 0.476. The van der Waals surface area contributed by atoms with Gasteiger partial charge in [-0.05, 0) is 37.0 Å². The van der Waals surface area contributed by atoms with Crippen molar-refractivity contribution in [1.82, 2.24) is 15.0 Å². The van der Waals surface area contributed by atoms with Crippen LogP contribution < -0.4 is 10.1 Å². The van der Waals surface area contributed by atoms with Gasteiger partial charge in [-0.3, -0.25) is 0 Å². The van der Waals surface area contributed by atoms with Gasteiger partial charge in [-0.15, -0.1) is 0 Å². The number of aliphatic hydroxyl groups is 1. The molecule has 0 aliphatic heterocycles. The van der Waals surface area contributed by atoms with Crippen LogP contribution in [0.2, 0.25) is 0 Å². The van der Waals surface area contributed by atoms with Gasteiger partial charge >= 0.3 is 0 Å². The Balaban J connectivity index is 1.94. The number of aromatic nitrogens is 3. The summed E-state index contributed by atoms with van der Waals surface area (Å²) in [5, 5.41) is 14.1. The van der Waals surface area contributed by atoms with Crippen LogP contribution in [0, 0.1) is 5.92 Å². The molecule has 0 radical (unpaired) electrons. The Hall–Kier alpha value is -1.95. The summed E-state index contributed by atoms with van der Waals surface area (Å²) in [6.45, 7) is 6.16. The van der Waals surface area contributed by atoms with Crippen LogP contribution in [-0.2, 0) is 9.84 Å². The second-order valence-electron chi connectivity index (χ2n) is 7.95. The zero-order chi connectivity index (χ0) is 23.5. The van der Waals surface area contributed by atoms with Crippen molar-refractivity contribution < 1.29 is 18.3 Å². The third-order valence-electron chi connectivity index (χ3n) is 4.74. The third kappa shape index (κ3) is 6.09. The second-order valence-corrected chi connectivity index (χ2v) is 12.2. The smallest absolute Gasteiger partial charge is 0.275 e. The number of rotatable bonds is 10. The number of ether oxygens (including phenoxy) is 1. The number of hydrogen-bond acceptors (Lipinski definition) is 10. The maximum absolute atomic E-state index is 11.9. The number of sulfone groups is 1. The standard InChI is InChI=1S/C21H28N4O4S3/c1-12(2)9-15(11-26)22-18-17-19(25-21(29-4)31-17)24-20(23-18)30-13(3)14-7-6-8-16(10-14)32(5,27)28/h6-8,10,12-13,15,26H,9,11H2,1-5H3,(H,22,23,24)/t13-,15-/m1/s1. The van der Waals surface area contributed by atoms with Crippen molar-refractivity contribution in [2.24, 2.45) is 5.92 Å².